The number of methoxy groups -OCH3 is 2. The minimum Gasteiger partial charge on any atom is -0.495 e. The number of rotatable bonds is 8. The maximum Gasteiger partial charge on any atom is 0.305 e. The Labute approximate surface area is 229 Å². The molecule has 1 aliphatic rings. The lowest BCUT2D eigenvalue weighted by Crippen LogP contribution is -2.50. The summed E-state index contributed by atoms with van der Waals surface area (Å²) < 4.78 is 11.5. The van der Waals surface area contributed by atoms with Gasteiger partial charge in [-0.1, -0.05) is 35.6 Å². The number of nitrogens with zero attached hydrogens (tertiary/aromatic N) is 4. The van der Waals surface area contributed by atoms with Crippen LogP contribution in [0.5, 0.6) is 5.75 Å². The van der Waals surface area contributed by atoms with Gasteiger partial charge >= 0.3 is 5.97 Å². The summed E-state index contributed by atoms with van der Waals surface area (Å²) in [5.74, 6) is -2.06. The Bertz CT molecular complexity index is 1510. The Balaban J connectivity index is 1.46. The van der Waals surface area contributed by atoms with Crippen molar-refractivity contribution in [2.75, 3.05) is 45.3 Å². The summed E-state index contributed by atoms with van der Waals surface area (Å²) >= 11 is 1.63. The van der Waals surface area contributed by atoms with Crippen LogP contribution >= 0.6 is 11.3 Å². The first kappa shape index (κ1) is 26.4. The van der Waals surface area contributed by atoms with E-state index in [4.69, 9.17) is 25.2 Å². The van der Waals surface area contributed by atoms with Gasteiger partial charge in [0, 0.05) is 38.0 Å². The Morgan fingerprint density at radius 1 is 0.974 bits per heavy atom. The number of benzene rings is 2. The molecule has 2 amide bonds. The topological polar surface area (TPSA) is 128 Å². The van der Waals surface area contributed by atoms with Crippen LogP contribution in [0.3, 0.4) is 0 Å². The number of carbonyl (C=O) groups excluding carboxylic acids is 3. The zero-order chi connectivity index (χ0) is 27.5. The van der Waals surface area contributed by atoms with E-state index in [-0.39, 0.29) is 35.8 Å². The zero-order valence-electron chi connectivity index (χ0n) is 21.8. The zero-order valence-corrected chi connectivity index (χ0v) is 22.6. The number of thiazole rings is 1. The molecule has 0 bridgehead atoms. The third-order valence-electron chi connectivity index (χ3n) is 6.96. The lowest BCUT2D eigenvalue weighted by atomic mass is 9.91. The number of hydrogen-bond acceptors (Lipinski definition) is 9. The van der Waals surface area contributed by atoms with Gasteiger partial charge in [0.05, 0.1) is 41.6 Å². The van der Waals surface area contributed by atoms with Gasteiger partial charge in [-0.2, -0.15) is 0 Å². The van der Waals surface area contributed by atoms with E-state index in [1.165, 1.54) is 14.2 Å². The molecule has 3 heterocycles. The van der Waals surface area contributed by atoms with E-state index in [0.717, 1.165) is 15.3 Å². The number of para-hydroxylation sites is 2. The predicted molar refractivity (Wildman–Crippen MR) is 149 cm³/mol. The van der Waals surface area contributed by atoms with Crippen molar-refractivity contribution in [2.45, 2.75) is 18.8 Å². The summed E-state index contributed by atoms with van der Waals surface area (Å²) in [6.07, 6.45) is 0.0893. The molecule has 2 N–H and O–H groups in total. The summed E-state index contributed by atoms with van der Waals surface area (Å²) in [5.41, 5.74) is 7.58. The number of hydrogen-bond donors (Lipinski definition) is 1. The minimum absolute atomic E-state index is 0.0202. The second-order valence-electron chi connectivity index (χ2n) is 9.23. The quantitative estimate of drug-likeness (QED) is 0.333. The van der Waals surface area contributed by atoms with E-state index in [1.54, 1.807) is 28.4 Å². The summed E-state index contributed by atoms with van der Waals surface area (Å²) in [6, 6.07) is 15.2. The summed E-state index contributed by atoms with van der Waals surface area (Å²) in [5, 5.41) is 1.53. The second kappa shape index (κ2) is 11.2. The third-order valence-corrected chi connectivity index (χ3v) is 8.06. The lowest BCUT2D eigenvalue weighted by Gasteiger charge is -2.36. The van der Waals surface area contributed by atoms with Crippen LogP contribution in [-0.4, -0.2) is 73.1 Å². The number of nitrogens with two attached hydrogens (primary N) is 1. The molecule has 2 aromatic heterocycles. The van der Waals surface area contributed by atoms with E-state index < -0.39 is 17.8 Å². The Hall–Kier alpha value is -4.25. The van der Waals surface area contributed by atoms with Gasteiger partial charge < -0.3 is 25.0 Å². The maximum atomic E-state index is 14.0. The number of piperazine rings is 1. The first-order valence-corrected chi connectivity index (χ1v) is 13.5. The van der Waals surface area contributed by atoms with Crippen LogP contribution < -0.4 is 15.4 Å². The normalized spacial score (nSPS) is 14.4. The molecule has 4 aromatic rings. The van der Waals surface area contributed by atoms with Gasteiger partial charge in [-0.3, -0.25) is 19.4 Å². The average Bonchev–Trinajstić information content (AvgIpc) is 3.40. The van der Waals surface area contributed by atoms with Crippen LogP contribution in [0.1, 0.15) is 34.8 Å². The molecule has 1 unspecified atom stereocenters. The van der Waals surface area contributed by atoms with Crippen LogP contribution in [0.15, 0.2) is 48.5 Å². The molecule has 0 aliphatic carbocycles. The van der Waals surface area contributed by atoms with Gasteiger partial charge in [0.1, 0.15) is 11.3 Å². The van der Waals surface area contributed by atoms with Crippen molar-refractivity contribution in [2.24, 2.45) is 5.73 Å². The van der Waals surface area contributed by atoms with Crippen molar-refractivity contribution in [3.8, 4) is 5.75 Å². The fourth-order valence-corrected chi connectivity index (χ4v) is 5.99. The fourth-order valence-electron chi connectivity index (χ4n) is 4.98. The molecule has 1 fully saturated rings. The molecule has 5 rings (SSSR count). The third kappa shape index (κ3) is 5.22. The van der Waals surface area contributed by atoms with E-state index in [9.17, 15) is 14.4 Å². The van der Waals surface area contributed by atoms with Crippen LogP contribution in [0.4, 0.5) is 5.13 Å². The Morgan fingerprint density at radius 2 is 1.67 bits per heavy atom. The van der Waals surface area contributed by atoms with E-state index in [0.29, 0.717) is 37.1 Å². The van der Waals surface area contributed by atoms with Crippen LogP contribution in [0.25, 0.3) is 21.1 Å². The average molecular weight is 548 g/mol. The molecule has 202 valence electrons. The monoisotopic (exact) mass is 547 g/mol. The minimum atomic E-state index is -0.890. The van der Waals surface area contributed by atoms with Gasteiger partial charge in [-0.05, 0) is 30.7 Å². The predicted octanol–water partition coefficient (Wildman–Crippen LogP) is 3.34. The summed E-state index contributed by atoms with van der Waals surface area (Å²) in [6.45, 7) is 2.12. The largest absolute Gasteiger partial charge is 0.495 e. The second-order valence-corrected chi connectivity index (χ2v) is 10.2. The number of ether oxygens (including phenoxy) is 2. The number of primary amides is 1. The molecule has 39 heavy (non-hydrogen) atoms. The number of fused-ring (bicyclic) bond motifs is 2. The molecule has 11 heteroatoms. The highest BCUT2D eigenvalue weighted by molar-refractivity contribution is 7.22. The number of carbonyl (C=O) groups is 3. The molecular weight excluding hydrogens is 518 g/mol. The lowest BCUT2D eigenvalue weighted by molar-refractivity contribution is -0.141. The van der Waals surface area contributed by atoms with Crippen LogP contribution in [0.2, 0.25) is 0 Å². The van der Waals surface area contributed by atoms with Crippen molar-refractivity contribution in [3.05, 3.63) is 59.8 Å². The Morgan fingerprint density at radius 3 is 2.33 bits per heavy atom. The summed E-state index contributed by atoms with van der Waals surface area (Å²) in [4.78, 5) is 52.1. The van der Waals surface area contributed by atoms with Crippen molar-refractivity contribution < 1.29 is 23.9 Å². The molecule has 0 spiro atoms. The van der Waals surface area contributed by atoms with Gasteiger partial charge in [0.2, 0.25) is 5.91 Å². The van der Waals surface area contributed by atoms with Crippen LogP contribution in [-0.2, 0) is 14.3 Å². The van der Waals surface area contributed by atoms with Crippen molar-refractivity contribution in [3.63, 3.8) is 0 Å². The maximum absolute atomic E-state index is 14.0. The Kier molecular flexibility index (Phi) is 7.60. The summed E-state index contributed by atoms with van der Waals surface area (Å²) in [7, 11) is 2.75. The highest BCUT2D eigenvalue weighted by Crippen LogP contribution is 2.36. The number of anilines is 1. The molecule has 1 atom stereocenters. The number of esters is 1. The van der Waals surface area contributed by atoms with Gasteiger partial charge in [0.25, 0.3) is 5.91 Å². The number of aromatic nitrogens is 2. The van der Waals surface area contributed by atoms with E-state index in [1.807, 2.05) is 36.4 Å². The fraction of sp³-hybridized carbons (Fsp3) is 0.321. The molecule has 2 aromatic carbocycles. The molecule has 0 radical (unpaired) electrons. The first-order valence-electron chi connectivity index (χ1n) is 12.6. The first-order chi connectivity index (χ1) is 18.9. The smallest absolute Gasteiger partial charge is 0.305 e. The van der Waals surface area contributed by atoms with Gasteiger partial charge in [-0.15, -0.1) is 0 Å². The molecule has 10 nitrogen and oxygen atoms in total. The number of pyridine rings is 1. The number of amides is 2. The molecule has 1 aliphatic heterocycles. The van der Waals surface area contributed by atoms with E-state index in [2.05, 4.69) is 4.90 Å². The standard InChI is InChI=1S/C28H29N5O5S/c1-37-22(34)12-11-18(24-23(26(29)35)25(38-2)17-7-3-4-8-19(17)30-24)27(36)32-13-15-33(16-14-32)28-31-20-9-5-6-10-21(20)39-28/h3-10,18H,11-16H2,1-2H3,(H2,29,35). The van der Waals surface area contributed by atoms with E-state index >= 15 is 0 Å². The van der Waals surface area contributed by atoms with Crippen molar-refractivity contribution in [1.29, 1.82) is 0 Å². The van der Waals surface area contributed by atoms with Gasteiger partial charge in [0.15, 0.2) is 5.13 Å². The van der Waals surface area contributed by atoms with Crippen LogP contribution in [0, 0.1) is 0 Å². The van der Waals surface area contributed by atoms with Gasteiger partial charge in [-0.25, -0.2) is 4.98 Å². The molecule has 0 saturated carbocycles. The van der Waals surface area contributed by atoms with Crippen molar-refractivity contribution in [1.82, 2.24) is 14.9 Å². The SMILES string of the molecule is COC(=O)CCC(C(=O)N1CCN(c2nc3ccccc3s2)CC1)c1nc2ccccc2c(OC)c1C(N)=O. The highest BCUT2D eigenvalue weighted by atomic mass is 32.1. The molecular formula is C28H29N5O5S. The van der Waals surface area contributed by atoms with Crippen molar-refractivity contribution >= 4 is 55.4 Å². The highest BCUT2D eigenvalue weighted by Gasteiger charge is 2.35. The molecule has 1 saturated heterocycles.